The van der Waals surface area contributed by atoms with Crippen LogP contribution >= 0.6 is 0 Å². The Balaban J connectivity index is 1.59. The summed E-state index contributed by atoms with van der Waals surface area (Å²) in [6, 6.07) is 0.738. The largest absolute Gasteiger partial charge is 0.386 e. The molecule has 6 heteroatoms. The molecule has 6 nitrogen and oxygen atoms in total. The summed E-state index contributed by atoms with van der Waals surface area (Å²) in [6.45, 7) is 0. The maximum Gasteiger partial charge on any atom is 0.242 e. The first-order chi connectivity index (χ1) is 11.0. The summed E-state index contributed by atoms with van der Waals surface area (Å²) in [5.41, 5.74) is 1.18. The fourth-order valence-corrected chi connectivity index (χ4v) is 4.66. The monoisotopic (exact) mass is 323 g/mol. The van der Waals surface area contributed by atoms with Gasteiger partial charge in [-0.25, -0.2) is 0 Å². The van der Waals surface area contributed by atoms with Crippen molar-refractivity contribution < 1.29 is 10.0 Å². The molecule has 2 N–H and O–H groups in total. The molecule has 1 aliphatic heterocycles. The van der Waals surface area contributed by atoms with Gasteiger partial charge in [0, 0.05) is 35.9 Å². The molecule has 6 atom stereocenters. The van der Waals surface area contributed by atoms with E-state index in [0.717, 1.165) is 12.3 Å². The van der Waals surface area contributed by atoms with Crippen molar-refractivity contribution in [1.29, 1.82) is 0 Å². The molecule has 3 aliphatic rings. The van der Waals surface area contributed by atoms with Crippen LogP contribution in [0.25, 0.3) is 0 Å². The molecule has 0 amide bonds. The molecule has 0 aromatic heterocycles. The van der Waals surface area contributed by atoms with Crippen LogP contribution < -0.4 is 5.32 Å². The van der Waals surface area contributed by atoms with Crippen molar-refractivity contribution in [3.63, 3.8) is 0 Å². The van der Waals surface area contributed by atoms with Crippen LogP contribution in [0.1, 0.15) is 44.9 Å². The highest BCUT2D eigenvalue weighted by atomic mass is 16.6. The SMILES string of the molecule is CN(C)C1CCC2NC(C3=CCC([N+](=O)[O-])C(O)C3)CCC2C1. The molecule has 1 saturated heterocycles. The molecule has 3 rings (SSSR count). The van der Waals surface area contributed by atoms with Crippen molar-refractivity contribution in [1.82, 2.24) is 10.2 Å². The molecule has 2 fully saturated rings. The van der Waals surface area contributed by atoms with E-state index in [1.807, 2.05) is 6.08 Å². The van der Waals surface area contributed by atoms with Crippen molar-refractivity contribution in [3.8, 4) is 0 Å². The van der Waals surface area contributed by atoms with E-state index in [-0.39, 0.29) is 4.92 Å². The summed E-state index contributed by atoms with van der Waals surface area (Å²) in [5.74, 6) is 0.744. The normalized spacial score (nSPS) is 41.3. The van der Waals surface area contributed by atoms with E-state index in [2.05, 4.69) is 24.3 Å². The Morgan fingerprint density at radius 2 is 2.09 bits per heavy atom. The number of hydrogen-bond acceptors (Lipinski definition) is 5. The van der Waals surface area contributed by atoms with Crippen LogP contribution in [0.15, 0.2) is 11.6 Å². The first kappa shape index (κ1) is 16.9. The number of piperidine rings is 1. The Bertz CT molecular complexity index is 480. The number of nitrogens with one attached hydrogen (secondary N) is 1. The van der Waals surface area contributed by atoms with Crippen LogP contribution in [0.2, 0.25) is 0 Å². The second-order valence-electron chi connectivity index (χ2n) is 7.73. The quantitative estimate of drug-likeness (QED) is 0.468. The zero-order valence-corrected chi connectivity index (χ0v) is 14.1. The maximum absolute atomic E-state index is 10.9. The summed E-state index contributed by atoms with van der Waals surface area (Å²) in [6.07, 6.45) is 7.98. The van der Waals surface area contributed by atoms with Crippen LogP contribution in [0.5, 0.6) is 0 Å². The molecule has 130 valence electrons. The van der Waals surface area contributed by atoms with Crippen LogP contribution in [-0.2, 0) is 0 Å². The lowest BCUT2D eigenvalue weighted by atomic mass is 9.73. The number of nitro groups is 1. The van der Waals surface area contributed by atoms with E-state index in [1.165, 1.54) is 31.3 Å². The summed E-state index contributed by atoms with van der Waals surface area (Å²) >= 11 is 0. The Hall–Kier alpha value is -0.980. The van der Waals surface area contributed by atoms with Gasteiger partial charge < -0.3 is 15.3 Å². The third kappa shape index (κ3) is 3.59. The van der Waals surface area contributed by atoms with Crippen molar-refractivity contribution in [3.05, 3.63) is 21.8 Å². The topological polar surface area (TPSA) is 78.6 Å². The van der Waals surface area contributed by atoms with E-state index in [0.29, 0.717) is 31.0 Å². The maximum atomic E-state index is 10.9. The van der Waals surface area contributed by atoms with Gasteiger partial charge in [0.15, 0.2) is 0 Å². The first-order valence-corrected chi connectivity index (χ1v) is 8.88. The fourth-order valence-electron chi connectivity index (χ4n) is 4.66. The van der Waals surface area contributed by atoms with Gasteiger partial charge in [0.25, 0.3) is 0 Å². The molecule has 0 aromatic carbocycles. The molecule has 23 heavy (non-hydrogen) atoms. The molecule has 6 unspecified atom stereocenters. The minimum absolute atomic E-state index is 0.300. The average molecular weight is 323 g/mol. The van der Waals surface area contributed by atoms with Gasteiger partial charge >= 0.3 is 0 Å². The smallest absolute Gasteiger partial charge is 0.242 e. The van der Waals surface area contributed by atoms with Gasteiger partial charge in [-0.1, -0.05) is 11.6 Å². The second kappa shape index (κ2) is 6.87. The predicted octanol–water partition coefficient (Wildman–Crippen LogP) is 1.56. The number of nitrogens with zero attached hydrogens (tertiary/aromatic N) is 2. The van der Waals surface area contributed by atoms with E-state index in [4.69, 9.17) is 0 Å². The Morgan fingerprint density at radius 3 is 2.74 bits per heavy atom. The highest BCUT2D eigenvalue weighted by molar-refractivity contribution is 5.18. The summed E-state index contributed by atoms with van der Waals surface area (Å²) in [5, 5.41) is 24.8. The molecule has 0 aromatic rings. The Morgan fingerprint density at radius 1 is 1.30 bits per heavy atom. The van der Waals surface area contributed by atoms with Crippen molar-refractivity contribution >= 4 is 0 Å². The number of fused-ring (bicyclic) bond motifs is 1. The van der Waals surface area contributed by atoms with Crippen molar-refractivity contribution in [2.75, 3.05) is 14.1 Å². The molecule has 1 heterocycles. The average Bonchev–Trinajstić information content (AvgIpc) is 2.53. The van der Waals surface area contributed by atoms with Gasteiger partial charge in [0.2, 0.25) is 6.04 Å². The molecular weight excluding hydrogens is 294 g/mol. The lowest BCUT2D eigenvalue weighted by molar-refractivity contribution is -0.534. The van der Waals surface area contributed by atoms with Gasteiger partial charge in [-0.15, -0.1) is 0 Å². The molecular formula is C17H29N3O3. The minimum Gasteiger partial charge on any atom is -0.386 e. The van der Waals surface area contributed by atoms with Gasteiger partial charge in [-0.2, -0.15) is 0 Å². The fraction of sp³-hybridized carbons (Fsp3) is 0.882. The number of aliphatic hydroxyl groups excluding tert-OH is 1. The third-order valence-corrected chi connectivity index (χ3v) is 6.16. The number of aliphatic hydroxyl groups is 1. The zero-order valence-electron chi connectivity index (χ0n) is 14.1. The first-order valence-electron chi connectivity index (χ1n) is 8.88. The number of rotatable bonds is 3. The van der Waals surface area contributed by atoms with Gasteiger partial charge in [0.1, 0.15) is 6.10 Å². The number of hydrogen-bond donors (Lipinski definition) is 2. The van der Waals surface area contributed by atoms with Crippen LogP contribution in [0.4, 0.5) is 0 Å². The van der Waals surface area contributed by atoms with E-state index in [1.54, 1.807) is 0 Å². The van der Waals surface area contributed by atoms with Crippen molar-refractivity contribution in [2.24, 2.45) is 5.92 Å². The Kier molecular flexibility index (Phi) is 5.04. The lowest BCUT2D eigenvalue weighted by Gasteiger charge is -2.45. The zero-order chi connectivity index (χ0) is 16.6. The van der Waals surface area contributed by atoms with E-state index < -0.39 is 12.1 Å². The van der Waals surface area contributed by atoms with E-state index in [9.17, 15) is 15.2 Å². The molecule has 1 saturated carbocycles. The lowest BCUT2D eigenvalue weighted by Crippen LogP contribution is -2.53. The molecule has 0 radical (unpaired) electrons. The standard InChI is InChI=1S/C17H29N3O3/c1-19(2)13-5-7-15-11(9-13)3-6-14(18-15)12-4-8-16(20(22)23)17(21)10-12/h4,11,13-18,21H,3,5-10H2,1-2H3. The van der Waals surface area contributed by atoms with Gasteiger partial charge in [-0.05, 0) is 52.1 Å². The Labute approximate surface area is 138 Å². The highest BCUT2D eigenvalue weighted by Crippen LogP contribution is 2.36. The van der Waals surface area contributed by atoms with Crippen molar-refractivity contribution in [2.45, 2.75) is 75.2 Å². The summed E-state index contributed by atoms with van der Waals surface area (Å²) < 4.78 is 0. The molecule has 0 bridgehead atoms. The minimum atomic E-state index is -0.839. The van der Waals surface area contributed by atoms with Gasteiger partial charge in [0.05, 0.1) is 0 Å². The summed E-state index contributed by atoms with van der Waals surface area (Å²) in [4.78, 5) is 12.9. The highest BCUT2D eigenvalue weighted by Gasteiger charge is 2.39. The molecule has 0 spiro atoms. The second-order valence-corrected chi connectivity index (χ2v) is 7.73. The van der Waals surface area contributed by atoms with Crippen LogP contribution in [0.3, 0.4) is 0 Å². The van der Waals surface area contributed by atoms with E-state index >= 15 is 0 Å². The van der Waals surface area contributed by atoms with Crippen LogP contribution in [-0.4, -0.2) is 59.3 Å². The van der Waals surface area contributed by atoms with Gasteiger partial charge in [-0.3, -0.25) is 10.1 Å². The third-order valence-electron chi connectivity index (χ3n) is 6.16. The predicted molar refractivity (Wildman–Crippen MR) is 88.9 cm³/mol. The molecule has 2 aliphatic carbocycles. The van der Waals surface area contributed by atoms with Crippen LogP contribution in [0, 0.1) is 16.0 Å². The summed E-state index contributed by atoms with van der Waals surface area (Å²) in [7, 11) is 4.34.